The van der Waals surface area contributed by atoms with E-state index in [0.29, 0.717) is 5.88 Å². The molecule has 1 aromatic heterocycles. The summed E-state index contributed by atoms with van der Waals surface area (Å²) in [5.74, 6) is 0.596. The van der Waals surface area contributed by atoms with Gasteiger partial charge in [-0.05, 0) is 24.6 Å². The van der Waals surface area contributed by atoms with Gasteiger partial charge in [0, 0.05) is 28.7 Å². The quantitative estimate of drug-likeness (QED) is 0.867. The van der Waals surface area contributed by atoms with Gasteiger partial charge in [-0.2, -0.15) is 0 Å². The van der Waals surface area contributed by atoms with Crippen molar-refractivity contribution in [1.82, 2.24) is 15.3 Å². The summed E-state index contributed by atoms with van der Waals surface area (Å²) >= 11 is 3.69. The highest BCUT2D eigenvalue weighted by atomic mass is 79.9. The Morgan fingerprint density at radius 1 is 1.33 bits per heavy atom. The van der Waals surface area contributed by atoms with E-state index in [4.69, 9.17) is 4.74 Å². The maximum Gasteiger partial charge on any atom is 0.216 e. The Balaban J connectivity index is 2.28. The summed E-state index contributed by atoms with van der Waals surface area (Å²) in [5, 5.41) is 3.52. The van der Waals surface area contributed by atoms with Crippen LogP contribution >= 0.6 is 15.9 Å². The topological polar surface area (TPSA) is 47.0 Å². The predicted molar refractivity (Wildman–Crippen MR) is 87.6 cm³/mol. The van der Waals surface area contributed by atoms with Crippen molar-refractivity contribution in [3.63, 3.8) is 0 Å². The number of rotatable bonds is 6. The van der Waals surface area contributed by atoms with Crippen molar-refractivity contribution in [2.24, 2.45) is 0 Å². The molecule has 1 unspecified atom stereocenters. The number of aromatic nitrogens is 2. The summed E-state index contributed by atoms with van der Waals surface area (Å²) in [4.78, 5) is 8.39. The number of benzene rings is 1. The molecule has 5 heteroatoms. The zero-order chi connectivity index (χ0) is 15.2. The molecule has 2 aromatic rings. The van der Waals surface area contributed by atoms with E-state index >= 15 is 0 Å². The minimum atomic E-state index is 0.198. The normalized spacial score (nSPS) is 12.2. The fraction of sp³-hybridized carbons (Fsp3) is 0.375. The van der Waals surface area contributed by atoms with Gasteiger partial charge in [-0.1, -0.05) is 41.1 Å². The first kappa shape index (κ1) is 15.9. The van der Waals surface area contributed by atoms with Crippen molar-refractivity contribution in [1.29, 1.82) is 0 Å². The fourth-order valence-corrected chi connectivity index (χ4v) is 2.83. The van der Waals surface area contributed by atoms with Crippen LogP contribution in [-0.4, -0.2) is 23.6 Å². The van der Waals surface area contributed by atoms with Crippen LogP contribution in [-0.2, 0) is 6.42 Å². The lowest BCUT2D eigenvalue weighted by Gasteiger charge is -2.20. The van der Waals surface area contributed by atoms with Crippen molar-refractivity contribution >= 4 is 15.9 Å². The number of ether oxygens (including phenoxy) is 1. The molecule has 0 fully saturated rings. The minimum absolute atomic E-state index is 0.198. The molecule has 4 nitrogen and oxygen atoms in total. The Morgan fingerprint density at radius 3 is 2.86 bits per heavy atom. The van der Waals surface area contributed by atoms with E-state index in [0.717, 1.165) is 23.1 Å². The molecule has 0 aliphatic carbocycles. The van der Waals surface area contributed by atoms with Crippen molar-refractivity contribution < 1.29 is 4.74 Å². The van der Waals surface area contributed by atoms with Crippen molar-refractivity contribution in [2.45, 2.75) is 26.3 Å². The van der Waals surface area contributed by atoms with Gasteiger partial charge in [-0.15, -0.1) is 0 Å². The van der Waals surface area contributed by atoms with Crippen LogP contribution in [0.15, 0.2) is 35.1 Å². The molecule has 1 heterocycles. The second kappa shape index (κ2) is 7.52. The average molecular weight is 350 g/mol. The van der Waals surface area contributed by atoms with E-state index in [-0.39, 0.29) is 6.04 Å². The van der Waals surface area contributed by atoms with Gasteiger partial charge in [0.15, 0.2) is 0 Å². The molecule has 0 aliphatic rings. The molecular formula is C16H20BrN3O. The first-order valence-electron chi connectivity index (χ1n) is 6.99. The molecule has 1 N–H and O–H groups in total. The first-order chi connectivity index (χ1) is 10.2. The number of halogens is 1. The Labute approximate surface area is 134 Å². The summed E-state index contributed by atoms with van der Waals surface area (Å²) in [5.41, 5.74) is 3.44. The van der Waals surface area contributed by atoms with Crippen LogP contribution in [0, 0.1) is 6.92 Å². The van der Waals surface area contributed by atoms with Gasteiger partial charge < -0.3 is 10.1 Å². The number of likely N-dealkylation sites (N-methyl/N-ethyl adjacent to an activating group) is 1. The molecule has 2 rings (SSSR count). The third-order valence-corrected chi connectivity index (χ3v) is 4.45. The molecule has 0 saturated heterocycles. The predicted octanol–water partition coefficient (Wildman–Crippen LogP) is 3.45. The van der Waals surface area contributed by atoms with Gasteiger partial charge in [-0.3, -0.25) is 0 Å². The molecule has 0 aliphatic heterocycles. The minimum Gasteiger partial charge on any atom is -0.481 e. The van der Waals surface area contributed by atoms with Gasteiger partial charge in [0.2, 0.25) is 5.88 Å². The molecule has 0 amide bonds. The number of aryl methyl sites for hydroxylation is 1. The van der Waals surface area contributed by atoms with Crippen LogP contribution < -0.4 is 10.1 Å². The number of methoxy groups -OCH3 is 1. The SMILES string of the molecule is CCNC(Cc1cc(OC)ncn1)c1cccc(C)c1Br. The summed E-state index contributed by atoms with van der Waals surface area (Å²) in [6.07, 6.45) is 2.33. The van der Waals surface area contributed by atoms with Crippen LogP contribution in [0.1, 0.15) is 29.8 Å². The van der Waals surface area contributed by atoms with Gasteiger partial charge in [0.1, 0.15) is 6.33 Å². The highest BCUT2D eigenvalue weighted by Crippen LogP contribution is 2.28. The third-order valence-electron chi connectivity index (χ3n) is 3.37. The van der Waals surface area contributed by atoms with Gasteiger partial charge in [0.25, 0.3) is 0 Å². The molecule has 0 spiro atoms. The molecule has 112 valence electrons. The Hall–Kier alpha value is -1.46. The van der Waals surface area contributed by atoms with Crippen LogP contribution in [0.2, 0.25) is 0 Å². The lowest BCUT2D eigenvalue weighted by molar-refractivity contribution is 0.395. The van der Waals surface area contributed by atoms with Crippen molar-refractivity contribution in [3.05, 3.63) is 51.9 Å². The molecule has 0 bridgehead atoms. The van der Waals surface area contributed by atoms with E-state index in [1.54, 1.807) is 13.4 Å². The highest BCUT2D eigenvalue weighted by Gasteiger charge is 2.16. The van der Waals surface area contributed by atoms with Crippen LogP contribution in [0.4, 0.5) is 0 Å². The Bertz CT molecular complexity index is 604. The number of hydrogen-bond donors (Lipinski definition) is 1. The number of nitrogens with one attached hydrogen (secondary N) is 1. The fourth-order valence-electron chi connectivity index (χ4n) is 2.29. The smallest absolute Gasteiger partial charge is 0.216 e. The molecule has 0 saturated carbocycles. The summed E-state index contributed by atoms with van der Waals surface area (Å²) in [6.45, 7) is 5.11. The average Bonchev–Trinajstić information content (AvgIpc) is 2.50. The zero-order valence-corrected chi connectivity index (χ0v) is 14.1. The third kappa shape index (κ3) is 4.02. The molecule has 0 radical (unpaired) electrons. The molecule has 1 aromatic carbocycles. The van der Waals surface area contributed by atoms with Gasteiger partial charge >= 0.3 is 0 Å². The van der Waals surface area contributed by atoms with Crippen LogP contribution in [0.25, 0.3) is 0 Å². The monoisotopic (exact) mass is 349 g/mol. The largest absolute Gasteiger partial charge is 0.481 e. The Morgan fingerprint density at radius 2 is 2.14 bits per heavy atom. The molecule has 21 heavy (non-hydrogen) atoms. The lowest BCUT2D eigenvalue weighted by Crippen LogP contribution is -2.24. The number of nitrogens with zero attached hydrogens (tertiary/aromatic N) is 2. The first-order valence-corrected chi connectivity index (χ1v) is 7.78. The van der Waals surface area contributed by atoms with Crippen molar-refractivity contribution in [2.75, 3.05) is 13.7 Å². The van der Waals surface area contributed by atoms with Gasteiger partial charge in [0.05, 0.1) is 7.11 Å². The highest BCUT2D eigenvalue weighted by molar-refractivity contribution is 9.10. The van der Waals surface area contributed by atoms with Crippen molar-refractivity contribution in [3.8, 4) is 5.88 Å². The second-order valence-corrected chi connectivity index (χ2v) is 5.64. The number of hydrogen-bond acceptors (Lipinski definition) is 4. The Kier molecular flexibility index (Phi) is 5.70. The van der Waals surface area contributed by atoms with E-state index in [9.17, 15) is 0 Å². The van der Waals surface area contributed by atoms with E-state index < -0.39 is 0 Å². The maximum absolute atomic E-state index is 5.16. The maximum atomic E-state index is 5.16. The summed E-state index contributed by atoms with van der Waals surface area (Å²) in [6, 6.07) is 8.41. The summed E-state index contributed by atoms with van der Waals surface area (Å²) in [7, 11) is 1.62. The lowest BCUT2D eigenvalue weighted by atomic mass is 10.00. The van der Waals surface area contributed by atoms with Crippen LogP contribution in [0.5, 0.6) is 5.88 Å². The van der Waals surface area contributed by atoms with E-state index in [1.165, 1.54) is 11.1 Å². The molecular weight excluding hydrogens is 330 g/mol. The molecule has 1 atom stereocenters. The standard InChI is InChI=1S/C16H20BrN3O/c1-4-18-14(13-7-5-6-11(2)16(13)17)8-12-9-15(21-3)20-10-19-12/h5-7,9-10,14,18H,4,8H2,1-3H3. The summed E-state index contributed by atoms with van der Waals surface area (Å²) < 4.78 is 6.31. The zero-order valence-electron chi connectivity index (χ0n) is 12.6. The van der Waals surface area contributed by atoms with E-state index in [1.807, 2.05) is 6.07 Å². The van der Waals surface area contributed by atoms with Crippen LogP contribution in [0.3, 0.4) is 0 Å². The van der Waals surface area contributed by atoms with Gasteiger partial charge in [-0.25, -0.2) is 9.97 Å². The van der Waals surface area contributed by atoms with E-state index in [2.05, 4.69) is 63.3 Å². The second-order valence-electron chi connectivity index (χ2n) is 4.84.